The maximum absolute atomic E-state index is 12.6. The van der Waals surface area contributed by atoms with Gasteiger partial charge in [0, 0.05) is 26.2 Å². The quantitative estimate of drug-likeness (QED) is 0.695. The number of carbonyl (C=O) groups is 1. The van der Waals surface area contributed by atoms with Crippen molar-refractivity contribution in [2.45, 2.75) is 30.4 Å². The van der Waals surface area contributed by atoms with E-state index in [-0.39, 0.29) is 34.9 Å². The number of nitrogens with zero attached hydrogens (tertiary/aromatic N) is 2. The average molecular weight is 442 g/mol. The molecule has 2 aliphatic rings. The number of amides is 1. The average Bonchev–Trinajstić information content (AvgIpc) is 3.35. The molecule has 4 rings (SSSR count). The van der Waals surface area contributed by atoms with Crippen LogP contribution in [0.3, 0.4) is 0 Å². The van der Waals surface area contributed by atoms with Crippen LogP contribution >= 0.6 is 11.3 Å². The molecule has 0 unspecified atom stereocenters. The van der Waals surface area contributed by atoms with Gasteiger partial charge in [0.25, 0.3) is 0 Å². The number of ether oxygens (including phenoxy) is 2. The summed E-state index contributed by atoms with van der Waals surface area (Å²) >= 11 is 0.936. The Balaban J connectivity index is 1.52. The molecule has 1 amide bonds. The predicted molar refractivity (Wildman–Crippen MR) is 108 cm³/mol. The largest absolute Gasteiger partial charge is 0.378 e. The maximum atomic E-state index is 12.6. The number of aromatic nitrogens is 1. The van der Waals surface area contributed by atoms with Crippen molar-refractivity contribution in [2.24, 2.45) is 0 Å². The van der Waals surface area contributed by atoms with Crippen molar-refractivity contribution in [3.8, 4) is 0 Å². The second-order valence-electron chi connectivity index (χ2n) is 7.06. The molecule has 0 bridgehead atoms. The highest BCUT2D eigenvalue weighted by molar-refractivity contribution is 7.89. The molecule has 0 radical (unpaired) electrons. The van der Waals surface area contributed by atoms with Crippen LogP contribution in [-0.2, 0) is 30.8 Å². The summed E-state index contributed by atoms with van der Waals surface area (Å²) in [6, 6.07) is 4.53. The number of benzene rings is 1. The first-order valence-electron chi connectivity index (χ1n) is 9.54. The molecule has 2 saturated heterocycles. The van der Waals surface area contributed by atoms with Crippen molar-refractivity contribution in [1.82, 2.24) is 14.2 Å². The summed E-state index contributed by atoms with van der Waals surface area (Å²) in [5.74, 6) is -0.148. The van der Waals surface area contributed by atoms with E-state index in [0.717, 1.165) is 24.2 Å². The van der Waals surface area contributed by atoms with Crippen molar-refractivity contribution < 1.29 is 22.7 Å². The first-order chi connectivity index (χ1) is 13.9. The summed E-state index contributed by atoms with van der Waals surface area (Å²) < 4.78 is 40.4. The van der Waals surface area contributed by atoms with Gasteiger partial charge in [-0.05, 0) is 31.0 Å². The molecule has 0 saturated carbocycles. The molecular formula is C18H23N3O6S2. The minimum atomic E-state index is -3.71. The zero-order chi connectivity index (χ0) is 20.4. The van der Waals surface area contributed by atoms with E-state index in [1.807, 2.05) is 0 Å². The third-order valence-corrected chi connectivity index (χ3v) is 7.50. The van der Waals surface area contributed by atoms with E-state index >= 15 is 0 Å². The summed E-state index contributed by atoms with van der Waals surface area (Å²) in [4.78, 5) is 26.4. The number of rotatable bonds is 6. The lowest BCUT2D eigenvalue weighted by atomic mass is 10.2. The van der Waals surface area contributed by atoms with Crippen LogP contribution < -0.4 is 9.60 Å². The van der Waals surface area contributed by atoms with Crippen LogP contribution in [-0.4, -0.2) is 69.4 Å². The number of hydrogen-bond acceptors (Lipinski definition) is 7. The molecule has 158 valence electrons. The zero-order valence-electron chi connectivity index (χ0n) is 15.8. The van der Waals surface area contributed by atoms with E-state index in [0.29, 0.717) is 43.1 Å². The number of carbonyl (C=O) groups excluding carboxylic acids is 1. The van der Waals surface area contributed by atoms with Crippen LogP contribution in [0.5, 0.6) is 0 Å². The maximum Gasteiger partial charge on any atom is 0.308 e. The normalized spacial score (nSPS) is 20.4. The highest BCUT2D eigenvalue weighted by Gasteiger charge is 2.23. The third kappa shape index (κ3) is 4.53. The third-order valence-electron chi connectivity index (χ3n) is 5.13. The Hall–Kier alpha value is -1.79. The standard InChI is InChI=1S/C18H23N3O6S2/c22-17(20-5-8-26-9-6-20)12-21-15-4-3-14(10-16(15)28-18(21)23)29(24,25)19-11-13-2-1-7-27-13/h3-4,10,13,19H,1-2,5-9,11-12H2/t13-/m1/s1. The minimum absolute atomic E-state index is 0.0673. The Labute approximate surface area is 172 Å². The second-order valence-corrected chi connectivity index (χ2v) is 9.82. The van der Waals surface area contributed by atoms with E-state index in [9.17, 15) is 18.0 Å². The molecule has 1 aromatic carbocycles. The molecule has 1 aromatic heterocycles. The van der Waals surface area contributed by atoms with Crippen LogP contribution in [0.4, 0.5) is 0 Å². The minimum Gasteiger partial charge on any atom is -0.378 e. The molecule has 2 fully saturated rings. The zero-order valence-corrected chi connectivity index (χ0v) is 17.5. The van der Waals surface area contributed by atoms with Crippen LogP contribution in [0.1, 0.15) is 12.8 Å². The van der Waals surface area contributed by atoms with Crippen molar-refractivity contribution in [1.29, 1.82) is 0 Å². The lowest BCUT2D eigenvalue weighted by Crippen LogP contribution is -2.43. The van der Waals surface area contributed by atoms with E-state index < -0.39 is 10.0 Å². The fraction of sp³-hybridized carbons (Fsp3) is 0.556. The lowest BCUT2D eigenvalue weighted by molar-refractivity contribution is -0.135. The molecule has 0 aliphatic carbocycles. The van der Waals surface area contributed by atoms with E-state index in [2.05, 4.69) is 4.72 Å². The molecule has 29 heavy (non-hydrogen) atoms. The first kappa shape index (κ1) is 20.5. The van der Waals surface area contributed by atoms with E-state index in [1.165, 1.54) is 16.7 Å². The molecule has 2 aliphatic heterocycles. The van der Waals surface area contributed by atoms with Crippen LogP contribution in [0, 0.1) is 0 Å². The van der Waals surface area contributed by atoms with Crippen molar-refractivity contribution in [3.63, 3.8) is 0 Å². The predicted octanol–water partition coefficient (Wildman–Crippen LogP) is 0.379. The van der Waals surface area contributed by atoms with Crippen LogP contribution in [0.2, 0.25) is 0 Å². The number of thiazole rings is 1. The fourth-order valence-electron chi connectivity index (χ4n) is 3.50. The molecule has 0 spiro atoms. The monoisotopic (exact) mass is 441 g/mol. The summed E-state index contributed by atoms with van der Waals surface area (Å²) in [7, 11) is -3.71. The summed E-state index contributed by atoms with van der Waals surface area (Å²) in [5, 5.41) is 0. The molecule has 1 atom stereocenters. The Morgan fingerprint density at radius 1 is 1.24 bits per heavy atom. The lowest BCUT2D eigenvalue weighted by Gasteiger charge is -2.26. The molecule has 3 heterocycles. The van der Waals surface area contributed by atoms with Crippen molar-refractivity contribution in [2.75, 3.05) is 39.5 Å². The van der Waals surface area contributed by atoms with Gasteiger partial charge in [-0.1, -0.05) is 11.3 Å². The second kappa shape index (κ2) is 8.52. The number of hydrogen-bond donors (Lipinski definition) is 1. The van der Waals surface area contributed by atoms with Crippen LogP contribution in [0.15, 0.2) is 27.9 Å². The smallest absolute Gasteiger partial charge is 0.308 e. The van der Waals surface area contributed by atoms with Gasteiger partial charge in [-0.2, -0.15) is 0 Å². The topological polar surface area (TPSA) is 107 Å². The number of nitrogens with one attached hydrogen (secondary N) is 1. The van der Waals surface area contributed by atoms with Gasteiger partial charge in [-0.3, -0.25) is 14.2 Å². The number of fused-ring (bicyclic) bond motifs is 1. The van der Waals surface area contributed by atoms with Gasteiger partial charge in [0.05, 0.1) is 34.4 Å². The molecule has 1 N–H and O–H groups in total. The van der Waals surface area contributed by atoms with Crippen molar-refractivity contribution >= 4 is 37.5 Å². The SMILES string of the molecule is O=C(Cn1c(=O)sc2cc(S(=O)(=O)NC[C@H]3CCCO3)ccc21)N1CCOCC1. The first-order valence-corrected chi connectivity index (χ1v) is 11.8. The van der Waals surface area contributed by atoms with Gasteiger partial charge >= 0.3 is 4.87 Å². The van der Waals surface area contributed by atoms with Gasteiger partial charge in [-0.25, -0.2) is 13.1 Å². The molecule has 2 aromatic rings. The summed E-state index contributed by atoms with van der Waals surface area (Å²) in [6.07, 6.45) is 1.67. The van der Waals surface area contributed by atoms with Gasteiger partial charge in [0.15, 0.2) is 0 Å². The number of morpholine rings is 1. The van der Waals surface area contributed by atoms with E-state index in [4.69, 9.17) is 9.47 Å². The van der Waals surface area contributed by atoms with Gasteiger partial charge in [-0.15, -0.1) is 0 Å². The van der Waals surface area contributed by atoms with Gasteiger partial charge in [0.1, 0.15) is 6.54 Å². The molecule has 9 nitrogen and oxygen atoms in total. The highest BCUT2D eigenvalue weighted by atomic mass is 32.2. The molecule has 11 heteroatoms. The summed E-state index contributed by atoms with van der Waals surface area (Å²) in [5.41, 5.74) is 0.555. The summed E-state index contributed by atoms with van der Waals surface area (Å²) in [6.45, 7) is 2.82. The Kier molecular flexibility index (Phi) is 6.02. The fourth-order valence-corrected chi connectivity index (χ4v) is 5.60. The Morgan fingerprint density at radius 3 is 2.76 bits per heavy atom. The van der Waals surface area contributed by atoms with Crippen LogP contribution in [0.25, 0.3) is 10.2 Å². The van der Waals surface area contributed by atoms with Crippen molar-refractivity contribution in [3.05, 3.63) is 27.9 Å². The Morgan fingerprint density at radius 2 is 2.03 bits per heavy atom. The van der Waals surface area contributed by atoms with Gasteiger partial charge in [0.2, 0.25) is 15.9 Å². The Bertz CT molecular complexity index is 1050. The number of sulfonamides is 1. The van der Waals surface area contributed by atoms with Gasteiger partial charge < -0.3 is 14.4 Å². The molecular weight excluding hydrogens is 418 g/mol. The highest BCUT2D eigenvalue weighted by Crippen LogP contribution is 2.22. The van der Waals surface area contributed by atoms with E-state index in [1.54, 1.807) is 11.0 Å².